The number of nitrogens with one attached hydrogen (secondary N) is 2. The van der Waals surface area contributed by atoms with Crippen molar-refractivity contribution < 1.29 is 19.1 Å². The molecule has 1 aliphatic carbocycles. The van der Waals surface area contributed by atoms with Crippen molar-refractivity contribution in [3.63, 3.8) is 0 Å². The number of nitrogens with zero attached hydrogens (tertiary/aromatic N) is 1. The van der Waals surface area contributed by atoms with Gasteiger partial charge in [0.25, 0.3) is 11.8 Å². The summed E-state index contributed by atoms with van der Waals surface area (Å²) in [5.41, 5.74) is 1.85. The van der Waals surface area contributed by atoms with Crippen molar-refractivity contribution in [2.24, 2.45) is 5.92 Å². The highest BCUT2D eigenvalue weighted by Gasteiger charge is 2.52. The zero-order valence-corrected chi connectivity index (χ0v) is 13.8. The van der Waals surface area contributed by atoms with Gasteiger partial charge in [-0.3, -0.25) is 15.0 Å². The summed E-state index contributed by atoms with van der Waals surface area (Å²) in [5, 5.41) is 3.57. The van der Waals surface area contributed by atoms with Crippen molar-refractivity contribution in [3.8, 4) is 5.75 Å². The van der Waals surface area contributed by atoms with Gasteiger partial charge in [0, 0.05) is 5.56 Å². The Bertz CT molecular complexity index is 680. The third-order valence-corrected chi connectivity index (χ3v) is 4.83. The number of hydrazine groups is 1. The van der Waals surface area contributed by atoms with Crippen molar-refractivity contribution in [1.29, 1.82) is 0 Å². The van der Waals surface area contributed by atoms with Crippen LogP contribution in [0.5, 0.6) is 5.75 Å². The molecule has 24 heavy (non-hydrogen) atoms. The molecule has 1 aliphatic heterocycles. The molecule has 1 saturated carbocycles. The Morgan fingerprint density at radius 3 is 2.71 bits per heavy atom. The Hall–Kier alpha value is -2.57. The van der Waals surface area contributed by atoms with E-state index in [2.05, 4.69) is 17.7 Å². The van der Waals surface area contributed by atoms with E-state index in [-0.39, 0.29) is 5.91 Å². The van der Waals surface area contributed by atoms with E-state index in [1.807, 2.05) is 0 Å². The summed E-state index contributed by atoms with van der Waals surface area (Å²) in [6.45, 7) is 2.14. The van der Waals surface area contributed by atoms with Crippen LogP contribution in [0.1, 0.15) is 43.0 Å². The Morgan fingerprint density at radius 2 is 2.04 bits per heavy atom. The molecular formula is C17H21N3O4. The molecule has 7 heteroatoms. The van der Waals surface area contributed by atoms with Gasteiger partial charge in [-0.25, -0.2) is 4.79 Å². The van der Waals surface area contributed by atoms with Crippen molar-refractivity contribution >= 4 is 17.8 Å². The molecule has 1 heterocycles. The second kappa shape index (κ2) is 6.14. The van der Waals surface area contributed by atoms with E-state index in [0.29, 0.717) is 30.1 Å². The molecule has 0 aromatic heterocycles. The van der Waals surface area contributed by atoms with E-state index >= 15 is 0 Å². The molecule has 4 amide bonds. The minimum atomic E-state index is -0.870. The first kappa shape index (κ1) is 16.3. The van der Waals surface area contributed by atoms with E-state index in [0.717, 1.165) is 17.9 Å². The third kappa shape index (κ3) is 2.81. The monoisotopic (exact) mass is 331 g/mol. The number of rotatable bonds is 3. The predicted octanol–water partition coefficient (Wildman–Crippen LogP) is 1.84. The lowest BCUT2D eigenvalue weighted by atomic mass is 9.77. The SMILES string of the molecule is COc1cccc(C(=O)NN2C(=O)NC3(CCC(C)CC3)C2=O)c1. The molecular weight excluding hydrogens is 310 g/mol. The molecule has 1 aromatic rings. The second-order valence-corrected chi connectivity index (χ2v) is 6.51. The highest BCUT2D eigenvalue weighted by atomic mass is 16.5. The zero-order chi connectivity index (χ0) is 17.3. The summed E-state index contributed by atoms with van der Waals surface area (Å²) in [4.78, 5) is 37.2. The zero-order valence-electron chi connectivity index (χ0n) is 13.8. The highest BCUT2D eigenvalue weighted by Crippen LogP contribution is 2.35. The normalized spacial score (nSPS) is 26.4. The van der Waals surface area contributed by atoms with Gasteiger partial charge in [-0.1, -0.05) is 13.0 Å². The Labute approximate surface area is 140 Å². The van der Waals surface area contributed by atoms with Crippen molar-refractivity contribution in [2.75, 3.05) is 7.11 Å². The molecule has 0 bridgehead atoms. The van der Waals surface area contributed by atoms with Crippen LogP contribution >= 0.6 is 0 Å². The topological polar surface area (TPSA) is 87.7 Å². The first-order valence-electron chi connectivity index (χ1n) is 8.07. The minimum Gasteiger partial charge on any atom is -0.497 e. The number of urea groups is 1. The highest BCUT2D eigenvalue weighted by molar-refractivity contribution is 6.09. The quantitative estimate of drug-likeness (QED) is 0.827. The average Bonchev–Trinajstić information content (AvgIpc) is 2.82. The summed E-state index contributed by atoms with van der Waals surface area (Å²) < 4.78 is 5.08. The molecule has 128 valence electrons. The van der Waals surface area contributed by atoms with Gasteiger partial charge in [0.15, 0.2) is 0 Å². The lowest BCUT2D eigenvalue weighted by Gasteiger charge is -2.33. The van der Waals surface area contributed by atoms with Crippen LogP contribution in [-0.2, 0) is 4.79 Å². The Kier molecular flexibility index (Phi) is 4.17. The maximum absolute atomic E-state index is 12.7. The van der Waals surface area contributed by atoms with Crippen LogP contribution in [0.15, 0.2) is 24.3 Å². The van der Waals surface area contributed by atoms with Crippen LogP contribution in [0.3, 0.4) is 0 Å². The van der Waals surface area contributed by atoms with Gasteiger partial charge in [-0.2, -0.15) is 5.01 Å². The van der Waals surface area contributed by atoms with E-state index in [1.54, 1.807) is 24.3 Å². The molecule has 1 aromatic carbocycles. The molecule has 2 N–H and O–H groups in total. The van der Waals surface area contributed by atoms with E-state index in [4.69, 9.17) is 4.74 Å². The lowest BCUT2D eigenvalue weighted by molar-refractivity contribution is -0.134. The van der Waals surface area contributed by atoms with Crippen molar-refractivity contribution in [2.45, 2.75) is 38.1 Å². The van der Waals surface area contributed by atoms with E-state index in [9.17, 15) is 14.4 Å². The number of imide groups is 1. The number of hydrogen-bond acceptors (Lipinski definition) is 4. The van der Waals surface area contributed by atoms with Crippen LogP contribution in [0, 0.1) is 5.92 Å². The smallest absolute Gasteiger partial charge is 0.344 e. The number of carbonyl (C=O) groups is 3. The van der Waals surface area contributed by atoms with Gasteiger partial charge >= 0.3 is 6.03 Å². The number of amides is 4. The Balaban J connectivity index is 1.74. The molecule has 0 radical (unpaired) electrons. The first-order valence-corrected chi connectivity index (χ1v) is 8.07. The summed E-state index contributed by atoms with van der Waals surface area (Å²) in [6.07, 6.45) is 2.96. The summed E-state index contributed by atoms with van der Waals surface area (Å²) in [5.74, 6) is 0.160. The van der Waals surface area contributed by atoms with Gasteiger partial charge in [0.1, 0.15) is 11.3 Å². The van der Waals surface area contributed by atoms with Crippen molar-refractivity contribution in [3.05, 3.63) is 29.8 Å². The first-order chi connectivity index (χ1) is 11.4. The van der Waals surface area contributed by atoms with Crippen LogP contribution < -0.4 is 15.5 Å². The van der Waals surface area contributed by atoms with Gasteiger partial charge in [0.2, 0.25) is 0 Å². The Morgan fingerprint density at radius 1 is 1.33 bits per heavy atom. The molecule has 1 spiro atoms. The van der Waals surface area contributed by atoms with Crippen molar-refractivity contribution in [1.82, 2.24) is 15.8 Å². The number of methoxy groups -OCH3 is 1. The number of hydrogen-bond donors (Lipinski definition) is 2. The summed E-state index contributed by atoms with van der Waals surface area (Å²) in [7, 11) is 1.50. The molecule has 0 unspecified atom stereocenters. The van der Waals surface area contributed by atoms with Crippen LogP contribution in [0.4, 0.5) is 4.79 Å². The largest absolute Gasteiger partial charge is 0.497 e. The standard InChI is InChI=1S/C17H21N3O4/c1-11-6-8-17(9-7-11)15(22)20(16(23)18-17)19-14(21)12-4-3-5-13(10-12)24-2/h3-5,10-11H,6-9H2,1-2H3,(H,18,23)(H,19,21). The van der Waals surface area contributed by atoms with E-state index in [1.165, 1.54) is 7.11 Å². The molecule has 2 aliphatic rings. The second-order valence-electron chi connectivity index (χ2n) is 6.51. The summed E-state index contributed by atoms with van der Waals surface area (Å²) in [6, 6.07) is 5.94. The maximum Gasteiger partial charge on any atom is 0.344 e. The molecule has 1 saturated heterocycles. The third-order valence-electron chi connectivity index (χ3n) is 4.83. The molecule has 2 fully saturated rings. The molecule has 3 rings (SSSR count). The summed E-state index contributed by atoms with van der Waals surface area (Å²) >= 11 is 0. The van der Waals surface area contributed by atoms with Crippen LogP contribution in [0.2, 0.25) is 0 Å². The minimum absolute atomic E-state index is 0.313. The van der Waals surface area contributed by atoms with Crippen LogP contribution in [0.25, 0.3) is 0 Å². The molecule has 7 nitrogen and oxygen atoms in total. The number of carbonyl (C=O) groups excluding carboxylic acids is 3. The fraction of sp³-hybridized carbons (Fsp3) is 0.471. The van der Waals surface area contributed by atoms with Gasteiger partial charge in [-0.05, 0) is 49.8 Å². The number of benzene rings is 1. The maximum atomic E-state index is 12.7. The fourth-order valence-corrected chi connectivity index (χ4v) is 3.25. The van der Waals surface area contributed by atoms with E-state index < -0.39 is 17.5 Å². The predicted molar refractivity (Wildman–Crippen MR) is 86.2 cm³/mol. The van der Waals surface area contributed by atoms with Crippen LogP contribution in [-0.4, -0.2) is 35.5 Å². The number of ether oxygens (including phenoxy) is 1. The lowest BCUT2D eigenvalue weighted by Crippen LogP contribution is -2.51. The van der Waals surface area contributed by atoms with Gasteiger partial charge in [-0.15, -0.1) is 0 Å². The van der Waals surface area contributed by atoms with Gasteiger partial charge in [0.05, 0.1) is 7.11 Å². The average molecular weight is 331 g/mol. The van der Waals surface area contributed by atoms with Gasteiger partial charge < -0.3 is 10.1 Å². The molecule has 0 atom stereocenters. The fourth-order valence-electron chi connectivity index (χ4n) is 3.25.